The zero-order valence-corrected chi connectivity index (χ0v) is 13.5. The van der Waals surface area contributed by atoms with Gasteiger partial charge in [0.15, 0.2) is 5.75 Å². The highest BCUT2D eigenvalue weighted by Gasteiger charge is 2.17. The minimum absolute atomic E-state index is 0.0292. The fraction of sp³-hybridized carbons (Fsp3) is 0.154. The predicted octanol–water partition coefficient (Wildman–Crippen LogP) is 5.00. The molecule has 1 N–H and O–H groups in total. The van der Waals surface area contributed by atoms with E-state index in [-0.39, 0.29) is 10.8 Å². The second kappa shape index (κ2) is 6.52. The van der Waals surface area contributed by atoms with Gasteiger partial charge in [0, 0.05) is 5.02 Å². The fourth-order valence-electron chi connectivity index (χ4n) is 1.59. The van der Waals surface area contributed by atoms with Crippen molar-refractivity contribution in [2.75, 3.05) is 11.9 Å². The number of benzene rings is 1. The van der Waals surface area contributed by atoms with Gasteiger partial charge in [-0.15, -0.1) is 0 Å². The molecular formula is C13H10BrCl2NO3. The molecule has 2 aromatic rings. The Kier molecular flexibility index (Phi) is 4.96. The van der Waals surface area contributed by atoms with Crippen LogP contribution in [-0.4, -0.2) is 12.5 Å². The van der Waals surface area contributed by atoms with Crippen molar-refractivity contribution in [1.82, 2.24) is 0 Å². The minimum atomic E-state index is -0.404. The molecule has 20 heavy (non-hydrogen) atoms. The number of carbonyl (C=O) groups excluding carboxylic acids is 1. The van der Waals surface area contributed by atoms with Crippen LogP contribution >= 0.6 is 39.1 Å². The molecule has 0 aliphatic carbocycles. The van der Waals surface area contributed by atoms with E-state index in [2.05, 4.69) is 21.2 Å². The molecule has 0 atom stereocenters. The first-order chi connectivity index (χ1) is 9.52. The number of ether oxygens (including phenoxy) is 1. The lowest BCUT2D eigenvalue weighted by Crippen LogP contribution is -2.13. The number of carbonyl (C=O) groups is 1. The molecule has 1 aromatic heterocycles. The third kappa shape index (κ3) is 3.29. The molecule has 0 saturated carbocycles. The van der Waals surface area contributed by atoms with E-state index in [1.165, 1.54) is 12.3 Å². The third-order valence-corrected chi connectivity index (χ3v) is 3.51. The van der Waals surface area contributed by atoms with E-state index < -0.39 is 5.91 Å². The van der Waals surface area contributed by atoms with Crippen LogP contribution in [0.5, 0.6) is 5.75 Å². The fourth-order valence-corrected chi connectivity index (χ4v) is 2.71. The Morgan fingerprint density at radius 2 is 2.20 bits per heavy atom. The molecule has 4 nitrogen and oxygen atoms in total. The number of halogens is 3. The van der Waals surface area contributed by atoms with Gasteiger partial charge < -0.3 is 14.5 Å². The second-order valence-corrected chi connectivity index (χ2v) is 5.39. The molecule has 106 valence electrons. The summed E-state index contributed by atoms with van der Waals surface area (Å²) in [6.07, 6.45) is 1.34. The van der Waals surface area contributed by atoms with E-state index >= 15 is 0 Å². The molecule has 1 heterocycles. The summed E-state index contributed by atoms with van der Waals surface area (Å²) < 4.78 is 11.0. The summed E-state index contributed by atoms with van der Waals surface area (Å²) in [6.45, 7) is 2.30. The van der Waals surface area contributed by atoms with E-state index in [0.717, 1.165) is 0 Å². The van der Waals surface area contributed by atoms with Crippen LogP contribution in [0.3, 0.4) is 0 Å². The van der Waals surface area contributed by atoms with Crippen molar-refractivity contribution < 1.29 is 13.9 Å². The van der Waals surface area contributed by atoms with Crippen molar-refractivity contribution >= 4 is 50.7 Å². The molecule has 7 heteroatoms. The topological polar surface area (TPSA) is 51.5 Å². The van der Waals surface area contributed by atoms with Crippen LogP contribution in [0.15, 0.2) is 33.4 Å². The summed E-state index contributed by atoms with van der Waals surface area (Å²) in [5.74, 6) is 0.101. The van der Waals surface area contributed by atoms with Crippen LogP contribution in [-0.2, 0) is 0 Å². The van der Waals surface area contributed by atoms with Gasteiger partial charge in [0.1, 0.15) is 0 Å². The van der Waals surface area contributed by atoms with Gasteiger partial charge in [-0.2, -0.15) is 0 Å². The van der Waals surface area contributed by atoms with Gasteiger partial charge in [0.25, 0.3) is 5.91 Å². The van der Waals surface area contributed by atoms with Crippen molar-refractivity contribution in [3.8, 4) is 5.75 Å². The molecule has 0 aliphatic rings. The molecule has 2 rings (SSSR count). The summed E-state index contributed by atoms with van der Waals surface area (Å²) in [5.41, 5.74) is 0.693. The molecule has 0 saturated heterocycles. The lowest BCUT2D eigenvalue weighted by molar-refractivity contribution is 0.102. The highest BCUT2D eigenvalue weighted by atomic mass is 79.9. The summed E-state index contributed by atoms with van der Waals surface area (Å²) in [6, 6.07) is 4.77. The van der Waals surface area contributed by atoms with Crippen molar-refractivity contribution in [3.05, 3.63) is 44.7 Å². The normalized spacial score (nSPS) is 10.4. The highest BCUT2D eigenvalue weighted by Crippen LogP contribution is 2.37. The molecule has 0 aliphatic heterocycles. The Labute approximate surface area is 134 Å². The molecule has 0 fully saturated rings. The zero-order valence-electron chi connectivity index (χ0n) is 10.4. The Morgan fingerprint density at radius 1 is 1.45 bits per heavy atom. The average molecular weight is 379 g/mol. The van der Waals surface area contributed by atoms with Gasteiger partial charge >= 0.3 is 0 Å². The Morgan fingerprint density at radius 3 is 2.80 bits per heavy atom. The van der Waals surface area contributed by atoms with E-state index in [9.17, 15) is 4.79 Å². The lowest BCUT2D eigenvalue weighted by atomic mass is 10.2. The quantitative estimate of drug-likeness (QED) is 0.814. The summed E-state index contributed by atoms with van der Waals surface area (Å²) in [7, 11) is 0. The SMILES string of the molecule is CCOc1c(Br)cc(Cl)cc1NC(=O)c1ccoc1Cl. The molecular weight excluding hydrogens is 369 g/mol. The van der Waals surface area contributed by atoms with Gasteiger partial charge in [-0.05, 0) is 52.7 Å². The molecule has 0 radical (unpaired) electrons. The monoisotopic (exact) mass is 377 g/mol. The summed E-state index contributed by atoms with van der Waals surface area (Å²) in [5, 5.41) is 3.19. The molecule has 1 amide bonds. The zero-order chi connectivity index (χ0) is 14.7. The number of nitrogens with one attached hydrogen (secondary N) is 1. The van der Waals surface area contributed by atoms with Crippen LogP contribution in [0.25, 0.3) is 0 Å². The van der Waals surface area contributed by atoms with Crippen LogP contribution in [0.1, 0.15) is 17.3 Å². The van der Waals surface area contributed by atoms with Gasteiger partial charge in [0.2, 0.25) is 5.22 Å². The van der Waals surface area contributed by atoms with E-state index in [0.29, 0.717) is 27.5 Å². The maximum Gasteiger partial charge on any atom is 0.260 e. The molecule has 0 bridgehead atoms. The molecule has 1 aromatic carbocycles. The van der Waals surface area contributed by atoms with E-state index in [1.807, 2.05) is 6.92 Å². The lowest BCUT2D eigenvalue weighted by Gasteiger charge is -2.13. The number of amides is 1. The first kappa shape index (κ1) is 15.2. The Bertz CT molecular complexity index is 643. The smallest absolute Gasteiger partial charge is 0.260 e. The Balaban J connectivity index is 2.33. The predicted molar refractivity (Wildman–Crippen MR) is 82.0 cm³/mol. The summed E-state index contributed by atoms with van der Waals surface area (Å²) in [4.78, 5) is 12.1. The van der Waals surface area contributed by atoms with Crippen LogP contribution < -0.4 is 10.1 Å². The average Bonchev–Trinajstić information content (AvgIpc) is 2.80. The van der Waals surface area contributed by atoms with Gasteiger partial charge in [-0.1, -0.05) is 11.6 Å². The van der Waals surface area contributed by atoms with Gasteiger partial charge in [0.05, 0.1) is 28.6 Å². The van der Waals surface area contributed by atoms with E-state index in [4.69, 9.17) is 32.4 Å². The number of anilines is 1. The third-order valence-electron chi connectivity index (χ3n) is 2.41. The van der Waals surface area contributed by atoms with Crippen LogP contribution in [0.4, 0.5) is 5.69 Å². The highest BCUT2D eigenvalue weighted by molar-refractivity contribution is 9.10. The van der Waals surface area contributed by atoms with Crippen LogP contribution in [0.2, 0.25) is 10.2 Å². The van der Waals surface area contributed by atoms with Crippen molar-refractivity contribution in [2.24, 2.45) is 0 Å². The minimum Gasteiger partial charge on any atom is -0.491 e. The van der Waals surface area contributed by atoms with Gasteiger partial charge in [-0.25, -0.2) is 0 Å². The maximum atomic E-state index is 12.1. The molecule has 0 spiro atoms. The maximum absolute atomic E-state index is 12.1. The van der Waals surface area contributed by atoms with E-state index in [1.54, 1.807) is 12.1 Å². The second-order valence-electron chi connectivity index (χ2n) is 3.76. The first-order valence-electron chi connectivity index (χ1n) is 5.69. The van der Waals surface area contributed by atoms with Crippen molar-refractivity contribution in [2.45, 2.75) is 6.92 Å². The number of hydrogen-bond donors (Lipinski definition) is 1. The number of hydrogen-bond acceptors (Lipinski definition) is 3. The number of furan rings is 1. The molecule has 0 unspecified atom stereocenters. The number of rotatable bonds is 4. The largest absolute Gasteiger partial charge is 0.491 e. The van der Waals surface area contributed by atoms with Crippen molar-refractivity contribution in [1.29, 1.82) is 0 Å². The van der Waals surface area contributed by atoms with Crippen LogP contribution in [0, 0.1) is 0 Å². The van der Waals surface area contributed by atoms with Gasteiger partial charge in [-0.3, -0.25) is 4.79 Å². The first-order valence-corrected chi connectivity index (χ1v) is 7.24. The Hall–Kier alpha value is -1.17. The standard InChI is InChI=1S/C13H10BrCl2NO3/c1-2-19-11-9(14)5-7(15)6-10(11)17-13(18)8-3-4-20-12(8)16/h3-6H,2H2,1H3,(H,17,18). The summed E-state index contributed by atoms with van der Waals surface area (Å²) >= 11 is 15.1. The van der Waals surface area contributed by atoms with Crippen molar-refractivity contribution in [3.63, 3.8) is 0 Å².